The monoisotopic (exact) mass is 504 g/mol. The molecule has 0 radical (unpaired) electrons. The molecule has 194 valence electrons. The SMILES string of the molecule is CCCCCCCCCCCCc1csc(-c2nc(CCCCCCCCCCCC)cs2)n1. The van der Waals surface area contributed by atoms with Crippen molar-refractivity contribution in [3.8, 4) is 10.0 Å². The molecule has 0 N–H and O–H groups in total. The fourth-order valence-corrected chi connectivity index (χ4v) is 6.39. The minimum Gasteiger partial charge on any atom is -0.239 e. The van der Waals surface area contributed by atoms with Gasteiger partial charge in [0.05, 0.1) is 11.4 Å². The third-order valence-electron chi connectivity index (χ3n) is 6.86. The van der Waals surface area contributed by atoms with Gasteiger partial charge in [0.1, 0.15) is 0 Å². The van der Waals surface area contributed by atoms with Crippen LogP contribution >= 0.6 is 22.7 Å². The zero-order valence-corrected chi connectivity index (χ0v) is 24.1. The highest BCUT2D eigenvalue weighted by molar-refractivity contribution is 7.19. The van der Waals surface area contributed by atoms with Gasteiger partial charge in [-0.3, -0.25) is 0 Å². The van der Waals surface area contributed by atoms with Crippen LogP contribution < -0.4 is 0 Å². The van der Waals surface area contributed by atoms with Crippen LogP contribution in [-0.4, -0.2) is 9.97 Å². The van der Waals surface area contributed by atoms with E-state index >= 15 is 0 Å². The second-order valence-corrected chi connectivity index (χ2v) is 11.9. The molecule has 0 fully saturated rings. The lowest BCUT2D eigenvalue weighted by atomic mass is 10.1. The van der Waals surface area contributed by atoms with E-state index < -0.39 is 0 Å². The van der Waals surface area contributed by atoms with E-state index in [4.69, 9.17) is 9.97 Å². The Bertz CT molecular complexity index is 646. The predicted octanol–water partition coefficient (Wildman–Crippen LogP) is 11.2. The zero-order chi connectivity index (χ0) is 24.1. The fraction of sp³-hybridized carbons (Fsp3) is 0.800. The summed E-state index contributed by atoms with van der Waals surface area (Å²) in [5, 5.41) is 6.77. The summed E-state index contributed by atoms with van der Waals surface area (Å²) in [7, 11) is 0. The van der Waals surface area contributed by atoms with Gasteiger partial charge in [0.25, 0.3) is 0 Å². The minimum atomic E-state index is 1.13. The average molecular weight is 505 g/mol. The van der Waals surface area contributed by atoms with Gasteiger partial charge in [-0.2, -0.15) is 0 Å². The van der Waals surface area contributed by atoms with Gasteiger partial charge in [-0.15, -0.1) is 22.7 Å². The molecular weight excluding hydrogens is 452 g/mol. The number of aromatic nitrogens is 2. The second kappa shape index (κ2) is 20.5. The summed E-state index contributed by atoms with van der Waals surface area (Å²) in [5.41, 5.74) is 2.54. The highest BCUT2D eigenvalue weighted by atomic mass is 32.1. The van der Waals surface area contributed by atoms with Crippen LogP contribution in [0, 0.1) is 0 Å². The van der Waals surface area contributed by atoms with Gasteiger partial charge in [0.2, 0.25) is 0 Å². The summed E-state index contributed by atoms with van der Waals surface area (Å²) in [4.78, 5) is 9.79. The van der Waals surface area contributed by atoms with Gasteiger partial charge >= 0.3 is 0 Å². The molecule has 0 aliphatic rings. The molecule has 0 saturated heterocycles. The topological polar surface area (TPSA) is 25.8 Å². The first-order chi connectivity index (χ1) is 16.8. The summed E-state index contributed by atoms with van der Waals surface area (Å²) in [6, 6.07) is 0. The zero-order valence-electron chi connectivity index (χ0n) is 22.4. The molecule has 4 heteroatoms. The molecule has 2 aromatic heterocycles. The molecule has 2 aromatic rings. The van der Waals surface area contributed by atoms with Crippen LogP contribution in [0.15, 0.2) is 10.8 Å². The largest absolute Gasteiger partial charge is 0.239 e. The van der Waals surface area contributed by atoms with E-state index in [0.717, 1.165) is 22.9 Å². The van der Waals surface area contributed by atoms with Crippen LogP contribution in [0.3, 0.4) is 0 Å². The van der Waals surface area contributed by atoms with Crippen molar-refractivity contribution >= 4 is 22.7 Å². The lowest BCUT2D eigenvalue weighted by Crippen LogP contribution is -1.88. The average Bonchev–Trinajstić information content (AvgIpc) is 3.51. The van der Waals surface area contributed by atoms with Crippen molar-refractivity contribution in [3.05, 3.63) is 22.1 Å². The van der Waals surface area contributed by atoms with E-state index in [0.29, 0.717) is 0 Å². The van der Waals surface area contributed by atoms with Crippen LogP contribution in [0.5, 0.6) is 0 Å². The van der Waals surface area contributed by atoms with Gasteiger partial charge in [-0.25, -0.2) is 9.97 Å². The van der Waals surface area contributed by atoms with E-state index in [9.17, 15) is 0 Å². The first-order valence-electron chi connectivity index (χ1n) is 14.7. The van der Waals surface area contributed by atoms with Gasteiger partial charge in [0, 0.05) is 10.8 Å². The van der Waals surface area contributed by atoms with Crippen molar-refractivity contribution in [2.45, 2.75) is 155 Å². The standard InChI is InChI=1S/C30H52N2S2/c1-3-5-7-9-11-13-15-17-19-21-23-27-25-33-29(31-27)30-32-28(26-34-30)24-22-20-18-16-14-12-10-8-6-4-2/h25-26H,3-24H2,1-2H3. The van der Waals surface area contributed by atoms with Crippen LogP contribution in [0.4, 0.5) is 0 Å². The lowest BCUT2D eigenvalue weighted by Gasteiger charge is -2.01. The smallest absolute Gasteiger partial charge is 0.152 e. The molecule has 0 aliphatic heterocycles. The van der Waals surface area contributed by atoms with Crippen molar-refractivity contribution in [2.75, 3.05) is 0 Å². The number of aryl methyl sites for hydroxylation is 2. The second-order valence-electron chi connectivity index (χ2n) is 10.2. The molecule has 0 aliphatic carbocycles. The van der Waals surface area contributed by atoms with E-state index in [1.807, 2.05) is 0 Å². The van der Waals surface area contributed by atoms with Gasteiger partial charge in [0.15, 0.2) is 10.0 Å². The van der Waals surface area contributed by atoms with Crippen molar-refractivity contribution in [1.82, 2.24) is 9.97 Å². The van der Waals surface area contributed by atoms with E-state index in [1.165, 1.54) is 140 Å². The molecule has 2 rings (SSSR count). The number of nitrogens with zero attached hydrogens (tertiary/aromatic N) is 2. The first-order valence-corrected chi connectivity index (χ1v) is 16.5. The number of thiazole rings is 2. The minimum absolute atomic E-state index is 1.13. The van der Waals surface area contributed by atoms with Crippen molar-refractivity contribution in [1.29, 1.82) is 0 Å². The Morgan fingerprint density at radius 2 is 0.735 bits per heavy atom. The Kier molecular flexibility index (Phi) is 17.7. The molecule has 0 bridgehead atoms. The summed E-state index contributed by atoms with van der Waals surface area (Å²) in [6.07, 6.45) is 30.1. The fourth-order valence-electron chi connectivity index (χ4n) is 4.63. The summed E-state index contributed by atoms with van der Waals surface area (Å²) < 4.78 is 0. The number of hydrogen-bond donors (Lipinski definition) is 0. The number of hydrogen-bond acceptors (Lipinski definition) is 4. The van der Waals surface area contributed by atoms with E-state index in [2.05, 4.69) is 24.6 Å². The Labute approximate surface area is 219 Å². The first kappa shape index (κ1) is 29.5. The quantitative estimate of drug-likeness (QED) is 0.141. The molecule has 0 unspecified atom stereocenters. The highest BCUT2D eigenvalue weighted by Crippen LogP contribution is 2.28. The Hall–Kier alpha value is -0.740. The van der Waals surface area contributed by atoms with Crippen molar-refractivity contribution in [2.24, 2.45) is 0 Å². The van der Waals surface area contributed by atoms with Crippen LogP contribution in [0.25, 0.3) is 10.0 Å². The van der Waals surface area contributed by atoms with Crippen molar-refractivity contribution in [3.63, 3.8) is 0 Å². The summed E-state index contributed by atoms with van der Waals surface area (Å²) >= 11 is 3.56. The molecule has 34 heavy (non-hydrogen) atoms. The molecular formula is C30H52N2S2. The van der Waals surface area contributed by atoms with Crippen molar-refractivity contribution < 1.29 is 0 Å². The van der Waals surface area contributed by atoms with E-state index in [1.54, 1.807) is 22.7 Å². The van der Waals surface area contributed by atoms with Gasteiger partial charge in [-0.05, 0) is 25.7 Å². The number of unbranched alkanes of at least 4 members (excludes halogenated alkanes) is 18. The maximum absolute atomic E-state index is 4.89. The molecule has 0 spiro atoms. The predicted molar refractivity (Wildman–Crippen MR) is 154 cm³/mol. The lowest BCUT2D eigenvalue weighted by molar-refractivity contribution is 0.555. The third kappa shape index (κ3) is 14.0. The third-order valence-corrected chi connectivity index (χ3v) is 8.78. The van der Waals surface area contributed by atoms with Crippen LogP contribution in [0.2, 0.25) is 0 Å². The molecule has 0 aromatic carbocycles. The maximum Gasteiger partial charge on any atom is 0.152 e. The maximum atomic E-state index is 4.89. The van der Waals surface area contributed by atoms with Gasteiger partial charge < -0.3 is 0 Å². The van der Waals surface area contributed by atoms with Crippen LogP contribution in [0.1, 0.15) is 154 Å². The normalized spacial score (nSPS) is 11.5. The summed E-state index contributed by atoms with van der Waals surface area (Å²) in [5.74, 6) is 0. The Morgan fingerprint density at radius 3 is 1.06 bits per heavy atom. The molecule has 2 nitrogen and oxygen atoms in total. The Morgan fingerprint density at radius 1 is 0.441 bits per heavy atom. The van der Waals surface area contributed by atoms with Crippen LogP contribution in [-0.2, 0) is 12.8 Å². The van der Waals surface area contributed by atoms with E-state index in [-0.39, 0.29) is 0 Å². The highest BCUT2D eigenvalue weighted by Gasteiger charge is 2.09. The molecule has 0 saturated carbocycles. The molecule has 0 atom stereocenters. The van der Waals surface area contributed by atoms with Gasteiger partial charge in [-0.1, -0.05) is 129 Å². The molecule has 2 heterocycles. The Balaban J connectivity index is 1.50. The summed E-state index contributed by atoms with van der Waals surface area (Å²) in [6.45, 7) is 4.58. The molecule has 0 amide bonds. The number of rotatable bonds is 23.